The number of rotatable bonds is 31. The van der Waals surface area contributed by atoms with Crippen molar-refractivity contribution in [2.45, 2.75) is 161 Å². The molecule has 2 rings (SSSR count). The summed E-state index contributed by atoms with van der Waals surface area (Å²) in [5, 5.41) is 0. The lowest BCUT2D eigenvalue weighted by atomic mass is 9.93. The molecule has 0 radical (unpaired) electrons. The highest BCUT2D eigenvalue weighted by molar-refractivity contribution is 5.50. The van der Waals surface area contributed by atoms with Gasteiger partial charge in [-0.3, -0.25) is 4.79 Å². The maximum absolute atomic E-state index is 8.67. The first-order valence-corrected chi connectivity index (χ1v) is 18.6. The van der Waals surface area contributed by atoms with E-state index in [1.54, 1.807) is 0 Å². The van der Waals surface area contributed by atoms with Crippen LogP contribution in [0.1, 0.15) is 172 Å². The van der Waals surface area contributed by atoms with E-state index in [1.807, 2.05) is 0 Å². The van der Waals surface area contributed by atoms with Crippen molar-refractivity contribution in [3.05, 3.63) is 65.7 Å². The fourth-order valence-corrected chi connectivity index (χ4v) is 6.08. The summed E-state index contributed by atoms with van der Waals surface area (Å²) < 4.78 is 11.7. The zero-order chi connectivity index (χ0) is 31.2. The molecule has 1 N–H and O–H groups in total. The first-order chi connectivity index (χ1) is 21.8. The van der Waals surface area contributed by atoms with Crippen LogP contribution in [-0.4, -0.2) is 30.9 Å². The number of hydrogen-bond acceptors (Lipinski definition) is 2. The summed E-state index contributed by atoms with van der Waals surface area (Å²) in [7, 11) is 0. The van der Waals surface area contributed by atoms with E-state index in [0.717, 1.165) is 31.6 Å². The summed E-state index contributed by atoms with van der Waals surface area (Å²) >= 11 is 0. The molecule has 1 unspecified atom stereocenters. The first kappa shape index (κ1) is 38.1. The molecule has 3 heteroatoms. The Morgan fingerprint density at radius 3 is 1.34 bits per heavy atom. The summed E-state index contributed by atoms with van der Waals surface area (Å²) in [4.78, 5) is 8.67. The highest BCUT2D eigenvalue weighted by Gasteiger charge is 2.08. The fourth-order valence-electron chi connectivity index (χ4n) is 6.08. The van der Waals surface area contributed by atoms with Gasteiger partial charge in [0.05, 0.1) is 13.0 Å². The van der Waals surface area contributed by atoms with E-state index in [1.165, 1.54) is 146 Å². The molecule has 3 nitrogen and oxygen atoms in total. The third-order valence-electron chi connectivity index (χ3n) is 9.05. The van der Waals surface area contributed by atoms with Crippen LogP contribution in [0.15, 0.2) is 54.6 Å². The number of hydrogen-bond donors (Lipinski definition) is 0. The summed E-state index contributed by atoms with van der Waals surface area (Å²) in [5.74, 6) is 1.31. The van der Waals surface area contributed by atoms with Crippen molar-refractivity contribution in [3.63, 3.8) is 0 Å². The molecule has 0 fully saturated rings. The Labute approximate surface area is 271 Å². The largest absolute Gasteiger partial charge is 0.491 e. The molecule has 0 bridgehead atoms. The van der Waals surface area contributed by atoms with Gasteiger partial charge in [0.25, 0.3) is 6.29 Å². The highest BCUT2D eigenvalue weighted by Crippen LogP contribution is 2.25. The topological polar surface area (TPSA) is 39.9 Å². The third-order valence-corrected chi connectivity index (χ3v) is 9.05. The summed E-state index contributed by atoms with van der Waals surface area (Å²) in [6.07, 6.45) is 32.5. The molecule has 248 valence electrons. The van der Waals surface area contributed by atoms with Gasteiger partial charge in [-0.2, -0.15) is 0 Å². The van der Waals surface area contributed by atoms with Crippen LogP contribution in [-0.2, 0) is 4.74 Å². The summed E-state index contributed by atoms with van der Waals surface area (Å²) in [6.45, 7) is 4.37. The highest BCUT2D eigenvalue weighted by atomic mass is 16.5. The van der Waals surface area contributed by atoms with Crippen molar-refractivity contribution < 1.29 is 14.3 Å². The molecule has 0 spiro atoms. The van der Waals surface area contributed by atoms with Gasteiger partial charge < -0.3 is 9.47 Å². The average Bonchev–Trinajstić information content (AvgIpc) is 3.06. The molecule has 44 heavy (non-hydrogen) atoms. The molecule has 2 aromatic rings. The molecule has 0 aliphatic carbocycles. The van der Waals surface area contributed by atoms with Crippen LogP contribution in [0, 0.1) is 0 Å². The van der Waals surface area contributed by atoms with Crippen LogP contribution < -0.4 is 4.74 Å². The van der Waals surface area contributed by atoms with E-state index in [9.17, 15) is 0 Å². The number of carbonyl (C=O) groups excluding carboxylic acids is 1. The second kappa shape index (κ2) is 28.4. The minimum absolute atomic E-state index is 0.387. The third kappa shape index (κ3) is 20.8. The first-order valence-electron chi connectivity index (χ1n) is 18.6. The molecule has 1 atom stereocenters. The van der Waals surface area contributed by atoms with E-state index in [-0.39, 0.29) is 0 Å². The van der Waals surface area contributed by atoms with E-state index in [2.05, 4.69) is 61.5 Å². The van der Waals surface area contributed by atoms with Crippen molar-refractivity contribution >= 4 is 6.29 Å². The van der Waals surface area contributed by atoms with Gasteiger partial charge in [-0.25, -0.2) is 0 Å². The van der Waals surface area contributed by atoms with Gasteiger partial charge in [0.1, 0.15) is 12.4 Å². The number of aldehydes is 1. The van der Waals surface area contributed by atoms with Gasteiger partial charge in [0.15, 0.2) is 0 Å². The Bertz CT molecular complexity index is 878. The minimum atomic E-state index is 0.387. The Hall–Kier alpha value is -2.13. The maximum atomic E-state index is 8.67. The summed E-state index contributed by atoms with van der Waals surface area (Å²) in [6, 6.07) is 19.1. The fraction of sp³-hybridized carbons (Fsp3) is 0.683. The predicted octanol–water partition coefficient (Wildman–Crippen LogP) is 12.4. The lowest BCUT2D eigenvalue weighted by molar-refractivity contribution is 0.0970. The Balaban J connectivity index is 1.24. The average molecular weight is 608 g/mol. The second-order valence-corrected chi connectivity index (χ2v) is 12.9. The predicted molar refractivity (Wildman–Crippen MR) is 191 cm³/mol. The van der Waals surface area contributed by atoms with Crippen molar-refractivity contribution in [3.8, 4) is 5.75 Å². The Morgan fingerprint density at radius 2 is 0.886 bits per heavy atom. The molecule has 0 aliphatic heterocycles. The smallest absolute Gasteiger partial charge is 0.281 e. The van der Waals surface area contributed by atoms with Gasteiger partial charge in [0.2, 0.25) is 0 Å². The van der Waals surface area contributed by atoms with Crippen molar-refractivity contribution in [1.82, 2.24) is 0 Å². The molecule has 0 saturated carbocycles. The van der Waals surface area contributed by atoms with Gasteiger partial charge in [-0.1, -0.05) is 178 Å². The lowest BCUT2D eigenvalue weighted by Crippen LogP contribution is -2.07. The van der Waals surface area contributed by atoms with E-state index >= 15 is 0 Å². The number of benzene rings is 2. The molecule has 0 saturated heterocycles. The van der Waals surface area contributed by atoms with Crippen molar-refractivity contribution in [2.24, 2.45) is 0 Å². The van der Waals surface area contributed by atoms with Gasteiger partial charge in [-0.05, 0) is 36.1 Å². The minimum Gasteiger partial charge on any atom is -0.491 e. The number of unbranched alkanes of at least 4 members (excludes halogenated alkanes) is 22. The Kier molecular flexibility index (Phi) is 24.5. The molecule has 2 aromatic carbocycles. The van der Waals surface area contributed by atoms with E-state index < -0.39 is 0 Å². The van der Waals surface area contributed by atoms with Crippen LogP contribution >= 0.6 is 0 Å². The van der Waals surface area contributed by atoms with Gasteiger partial charge in [0, 0.05) is 12.5 Å². The molecule has 0 amide bonds. The standard InChI is InChI=1S/C41H66O3/c1-38(39-28-24-23-25-29-39)40-30-32-41(33-31-40)44-37-36-43-35-27-22-20-18-16-14-12-10-8-6-4-2-3-5-7-9-11-13-15-17-19-21-26-34-42/h23-25,28-34,38H,2-22,26-27,35-37H2,1H3/p+1. The monoisotopic (exact) mass is 608 g/mol. The lowest BCUT2D eigenvalue weighted by Gasteiger charge is -2.13. The molecular weight excluding hydrogens is 540 g/mol. The van der Waals surface area contributed by atoms with Gasteiger partial charge in [-0.15, -0.1) is 0 Å². The van der Waals surface area contributed by atoms with Crippen molar-refractivity contribution in [1.29, 1.82) is 0 Å². The normalized spacial score (nSPS) is 11.9. The molecule has 0 aliphatic rings. The zero-order valence-corrected chi connectivity index (χ0v) is 28.5. The number of ether oxygens (including phenoxy) is 2. The quantitative estimate of drug-likeness (QED) is 0.0486. The SMILES string of the molecule is CC(c1ccccc1)c1ccc(OCCOCCCCCCCCCCCCCCCCCCCCCCCCC=[OH+])cc1. The molecule has 0 aromatic heterocycles. The van der Waals surface area contributed by atoms with Crippen LogP contribution in [0.3, 0.4) is 0 Å². The second-order valence-electron chi connectivity index (χ2n) is 12.9. The van der Waals surface area contributed by atoms with Crippen LogP contribution in [0.2, 0.25) is 0 Å². The van der Waals surface area contributed by atoms with Crippen molar-refractivity contribution in [2.75, 3.05) is 19.8 Å². The molecule has 0 heterocycles. The van der Waals surface area contributed by atoms with E-state index in [0.29, 0.717) is 19.1 Å². The Morgan fingerprint density at radius 1 is 0.477 bits per heavy atom. The van der Waals surface area contributed by atoms with Gasteiger partial charge >= 0.3 is 0 Å². The van der Waals surface area contributed by atoms with Crippen LogP contribution in [0.4, 0.5) is 0 Å². The molecular formula is C41H67O3+. The zero-order valence-electron chi connectivity index (χ0n) is 28.5. The summed E-state index contributed by atoms with van der Waals surface area (Å²) in [5.41, 5.74) is 2.65. The van der Waals surface area contributed by atoms with E-state index in [4.69, 9.17) is 14.3 Å². The van der Waals surface area contributed by atoms with Crippen LogP contribution in [0.25, 0.3) is 0 Å². The maximum Gasteiger partial charge on any atom is 0.281 e. The van der Waals surface area contributed by atoms with Crippen LogP contribution in [0.5, 0.6) is 5.75 Å².